The maximum atomic E-state index is 12.9. The third-order valence-corrected chi connectivity index (χ3v) is 5.24. The largest absolute Gasteiger partial charge is 0.467 e. The highest BCUT2D eigenvalue weighted by molar-refractivity contribution is 7.09. The number of fused-ring (bicyclic) bond motifs is 1. The van der Waals surface area contributed by atoms with E-state index in [1.165, 1.54) is 0 Å². The molecule has 0 saturated carbocycles. The Morgan fingerprint density at radius 3 is 2.85 bits per heavy atom. The number of carbonyl (C=O) groups is 1. The van der Waals surface area contributed by atoms with Crippen molar-refractivity contribution in [3.63, 3.8) is 0 Å². The van der Waals surface area contributed by atoms with Gasteiger partial charge in [-0.1, -0.05) is 12.1 Å². The molecular formula is C20H20N2O4S. The first-order valence-electron chi connectivity index (χ1n) is 8.69. The van der Waals surface area contributed by atoms with Crippen LogP contribution in [0.3, 0.4) is 0 Å². The van der Waals surface area contributed by atoms with Crippen LogP contribution in [0.5, 0.6) is 11.5 Å². The predicted molar refractivity (Wildman–Crippen MR) is 102 cm³/mol. The predicted octanol–water partition coefficient (Wildman–Crippen LogP) is 4.54. The van der Waals surface area contributed by atoms with Crippen molar-refractivity contribution in [1.29, 1.82) is 0 Å². The maximum absolute atomic E-state index is 12.9. The Kier molecular flexibility index (Phi) is 5.02. The van der Waals surface area contributed by atoms with Crippen LogP contribution in [0.15, 0.2) is 58.5 Å². The van der Waals surface area contributed by atoms with Crippen LogP contribution in [-0.4, -0.2) is 17.7 Å². The number of nitrogens with zero attached hydrogens (tertiary/aromatic N) is 1. The van der Waals surface area contributed by atoms with Crippen molar-refractivity contribution < 1.29 is 18.7 Å². The van der Waals surface area contributed by atoms with Gasteiger partial charge in [0.05, 0.1) is 25.4 Å². The first-order valence-corrected chi connectivity index (χ1v) is 9.57. The third-order valence-electron chi connectivity index (χ3n) is 4.38. The van der Waals surface area contributed by atoms with Crippen molar-refractivity contribution in [2.75, 3.05) is 6.79 Å². The first kappa shape index (κ1) is 17.5. The van der Waals surface area contributed by atoms with Crippen molar-refractivity contribution in [3.05, 3.63) is 70.3 Å². The molecule has 140 valence electrons. The number of benzene rings is 1. The summed E-state index contributed by atoms with van der Waals surface area (Å²) in [5.41, 5.74) is 0.960. The molecule has 1 atom stereocenters. The van der Waals surface area contributed by atoms with Gasteiger partial charge in [-0.2, -0.15) is 0 Å². The van der Waals surface area contributed by atoms with E-state index in [-0.39, 0.29) is 18.9 Å². The summed E-state index contributed by atoms with van der Waals surface area (Å²) in [6, 6.07) is 13.1. The van der Waals surface area contributed by atoms with Crippen molar-refractivity contribution in [2.24, 2.45) is 0 Å². The zero-order valence-electron chi connectivity index (χ0n) is 14.9. The molecule has 3 aromatic rings. The van der Waals surface area contributed by atoms with E-state index in [9.17, 15) is 4.79 Å². The van der Waals surface area contributed by atoms with Gasteiger partial charge < -0.3 is 24.1 Å². The summed E-state index contributed by atoms with van der Waals surface area (Å²) in [5, 5.41) is 5.07. The molecule has 1 aliphatic heterocycles. The topological polar surface area (TPSA) is 63.9 Å². The zero-order valence-corrected chi connectivity index (χ0v) is 15.7. The number of urea groups is 1. The minimum absolute atomic E-state index is 0.148. The summed E-state index contributed by atoms with van der Waals surface area (Å²) in [6.07, 6.45) is 1.62. The second-order valence-electron chi connectivity index (χ2n) is 6.30. The summed E-state index contributed by atoms with van der Waals surface area (Å²) < 4.78 is 16.2. The van der Waals surface area contributed by atoms with E-state index in [0.29, 0.717) is 18.8 Å². The lowest BCUT2D eigenvalue weighted by Gasteiger charge is -2.24. The highest BCUT2D eigenvalue weighted by atomic mass is 32.1. The van der Waals surface area contributed by atoms with E-state index >= 15 is 0 Å². The van der Waals surface area contributed by atoms with Crippen LogP contribution in [0.4, 0.5) is 4.79 Å². The summed E-state index contributed by atoms with van der Waals surface area (Å²) >= 11 is 1.63. The van der Waals surface area contributed by atoms with Crippen molar-refractivity contribution in [2.45, 2.75) is 26.1 Å². The fourth-order valence-corrected chi connectivity index (χ4v) is 3.64. The van der Waals surface area contributed by atoms with Crippen LogP contribution in [0.25, 0.3) is 0 Å². The number of hydrogen-bond acceptors (Lipinski definition) is 5. The van der Waals surface area contributed by atoms with Gasteiger partial charge in [0.15, 0.2) is 11.5 Å². The molecule has 1 aliphatic rings. The van der Waals surface area contributed by atoms with Gasteiger partial charge in [0, 0.05) is 4.88 Å². The smallest absolute Gasteiger partial charge is 0.318 e. The Hall–Kier alpha value is -2.93. The van der Waals surface area contributed by atoms with Crippen LogP contribution in [0, 0.1) is 0 Å². The minimum Gasteiger partial charge on any atom is -0.467 e. The fourth-order valence-electron chi connectivity index (χ4n) is 2.92. The molecule has 1 N–H and O–H groups in total. The molecule has 0 spiro atoms. The van der Waals surface area contributed by atoms with Gasteiger partial charge in [-0.15, -0.1) is 11.3 Å². The number of ether oxygens (including phenoxy) is 2. The molecular weight excluding hydrogens is 364 g/mol. The van der Waals surface area contributed by atoms with Gasteiger partial charge in [0.1, 0.15) is 5.76 Å². The summed E-state index contributed by atoms with van der Waals surface area (Å²) in [4.78, 5) is 15.8. The standard InChI is InChI=1S/C20H20N2O4S/c1-14(15-6-7-18-19(10-15)26-13-25-18)21-20(23)22(11-16-4-2-8-24-16)12-17-5-3-9-27-17/h2-10,14H,11-13H2,1H3,(H,21,23)/t14-/m1/s1. The molecule has 2 amide bonds. The Labute approximate surface area is 161 Å². The first-order chi connectivity index (χ1) is 13.2. The SMILES string of the molecule is C[C@@H](NC(=O)N(Cc1ccco1)Cc1cccs1)c1ccc2c(c1)OCO2. The number of nitrogens with one attached hydrogen (secondary N) is 1. The quantitative estimate of drug-likeness (QED) is 0.678. The highest BCUT2D eigenvalue weighted by Crippen LogP contribution is 2.34. The van der Waals surface area contributed by atoms with Gasteiger partial charge in [-0.3, -0.25) is 0 Å². The summed E-state index contributed by atoms with van der Waals surface area (Å²) in [5.74, 6) is 2.19. The molecule has 1 aromatic carbocycles. The van der Waals surface area contributed by atoms with E-state index < -0.39 is 0 Å². The zero-order chi connectivity index (χ0) is 18.6. The van der Waals surface area contributed by atoms with Crippen molar-refractivity contribution in [3.8, 4) is 11.5 Å². The normalized spacial score (nSPS) is 13.4. The van der Waals surface area contributed by atoms with E-state index in [1.807, 2.05) is 54.8 Å². The minimum atomic E-state index is -0.172. The van der Waals surface area contributed by atoms with Crippen LogP contribution in [0.2, 0.25) is 0 Å². The molecule has 3 heterocycles. The number of furan rings is 1. The van der Waals surface area contributed by atoms with Gasteiger partial charge in [0.2, 0.25) is 6.79 Å². The Bertz CT molecular complexity index is 857. The Balaban J connectivity index is 1.46. The molecule has 0 radical (unpaired) electrons. The highest BCUT2D eigenvalue weighted by Gasteiger charge is 2.21. The number of carbonyl (C=O) groups excluding carboxylic acids is 1. The Morgan fingerprint density at radius 1 is 1.19 bits per heavy atom. The number of thiophene rings is 1. The molecule has 0 saturated heterocycles. The van der Waals surface area contributed by atoms with Gasteiger partial charge in [-0.25, -0.2) is 4.79 Å². The Morgan fingerprint density at radius 2 is 2.07 bits per heavy atom. The molecule has 2 aromatic heterocycles. The monoisotopic (exact) mass is 384 g/mol. The van der Waals surface area contributed by atoms with Crippen LogP contribution in [-0.2, 0) is 13.1 Å². The molecule has 27 heavy (non-hydrogen) atoms. The van der Waals surface area contributed by atoms with E-state index in [1.54, 1.807) is 22.5 Å². The molecule has 0 aliphatic carbocycles. The van der Waals surface area contributed by atoms with E-state index in [2.05, 4.69) is 5.32 Å². The molecule has 0 unspecified atom stereocenters. The fraction of sp³-hybridized carbons (Fsp3) is 0.250. The summed E-state index contributed by atoms with van der Waals surface area (Å²) in [7, 11) is 0. The van der Waals surface area contributed by atoms with Gasteiger partial charge >= 0.3 is 6.03 Å². The molecule has 7 heteroatoms. The lowest BCUT2D eigenvalue weighted by molar-refractivity contribution is 0.173. The molecule has 4 rings (SSSR count). The second kappa shape index (κ2) is 7.75. The molecule has 0 bridgehead atoms. The molecule has 0 fully saturated rings. The maximum Gasteiger partial charge on any atom is 0.318 e. The number of hydrogen-bond donors (Lipinski definition) is 1. The van der Waals surface area contributed by atoms with Gasteiger partial charge in [0.25, 0.3) is 0 Å². The number of rotatable bonds is 6. The molecule has 6 nitrogen and oxygen atoms in total. The van der Waals surface area contributed by atoms with Gasteiger partial charge in [-0.05, 0) is 48.2 Å². The number of amides is 2. The lowest BCUT2D eigenvalue weighted by atomic mass is 10.1. The average molecular weight is 384 g/mol. The van der Waals surface area contributed by atoms with E-state index in [4.69, 9.17) is 13.9 Å². The summed E-state index contributed by atoms with van der Waals surface area (Å²) in [6.45, 7) is 3.12. The lowest BCUT2D eigenvalue weighted by Crippen LogP contribution is -2.40. The van der Waals surface area contributed by atoms with Crippen molar-refractivity contribution >= 4 is 17.4 Å². The second-order valence-corrected chi connectivity index (χ2v) is 7.33. The average Bonchev–Trinajstić information content (AvgIpc) is 3.43. The van der Waals surface area contributed by atoms with Crippen molar-refractivity contribution in [1.82, 2.24) is 10.2 Å². The van der Waals surface area contributed by atoms with Crippen LogP contribution in [0.1, 0.15) is 29.2 Å². The van der Waals surface area contributed by atoms with E-state index in [0.717, 1.165) is 22.0 Å². The van der Waals surface area contributed by atoms with Crippen LogP contribution >= 0.6 is 11.3 Å². The third kappa shape index (κ3) is 4.09. The van der Waals surface area contributed by atoms with Crippen LogP contribution < -0.4 is 14.8 Å².